The van der Waals surface area contributed by atoms with Crippen LogP contribution in [0.4, 0.5) is 14.9 Å². The molecule has 2 amide bonds. The number of benzene rings is 1. The maximum atomic E-state index is 13.7. The van der Waals surface area contributed by atoms with Gasteiger partial charge in [-0.2, -0.15) is 0 Å². The fourth-order valence-corrected chi connectivity index (χ4v) is 4.32. The molecule has 1 aromatic carbocycles. The summed E-state index contributed by atoms with van der Waals surface area (Å²) in [6.45, 7) is 2.42. The summed E-state index contributed by atoms with van der Waals surface area (Å²) >= 11 is 3.15. The molecule has 1 heterocycles. The minimum atomic E-state index is -0.821. The van der Waals surface area contributed by atoms with Gasteiger partial charge in [0.1, 0.15) is 5.82 Å². The second-order valence-electron chi connectivity index (χ2n) is 6.41. The van der Waals surface area contributed by atoms with Gasteiger partial charge >= 0.3 is 12.0 Å². The number of hydrogen-bond acceptors (Lipinski definition) is 2. The minimum Gasteiger partial charge on any atom is -0.481 e. The maximum Gasteiger partial charge on any atom is 0.321 e. The number of amides is 2. The van der Waals surface area contributed by atoms with Crippen molar-refractivity contribution in [3.63, 3.8) is 0 Å². The van der Waals surface area contributed by atoms with Gasteiger partial charge in [0, 0.05) is 13.1 Å². The van der Waals surface area contributed by atoms with Crippen LogP contribution in [0.3, 0.4) is 0 Å². The first-order chi connectivity index (χ1) is 10.8. The number of aliphatic carboxylic acids is 1. The van der Waals surface area contributed by atoms with E-state index >= 15 is 0 Å². The number of carbonyl (C=O) groups is 2. The molecular formula is C16H18BrFN2O3. The van der Waals surface area contributed by atoms with E-state index in [4.69, 9.17) is 0 Å². The van der Waals surface area contributed by atoms with E-state index in [1.807, 2.05) is 0 Å². The maximum absolute atomic E-state index is 13.7. The van der Waals surface area contributed by atoms with Crippen molar-refractivity contribution in [3.8, 4) is 0 Å². The molecule has 0 unspecified atom stereocenters. The predicted octanol–water partition coefficient (Wildman–Crippen LogP) is 3.62. The molecule has 0 radical (unpaired) electrons. The Labute approximate surface area is 142 Å². The summed E-state index contributed by atoms with van der Waals surface area (Å²) in [7, 11) is 0. The molecule has 1 saturated carbocycles. The van der Waals surface area contributed by atoms with Crippen molar-refractivity contribution in [1.29, 1.82) is 0 Å². The van der Waals surface area contributed by atoms with E-state index in [0.29, 0.717) is 18.7 Å². The normalized spacial score (nSPS) is 26.2. The smallest absolute Gasteiger partial charge is 0.321 e. The number of halogens is 2. The molecule has 2 atom stereocenters. The first-order valence-corrected chi connectivity index (χ1v) is 8.38. The van der Waals surface area contributed by atoms with Gasteiger partial charge in [0.05, 0.1) is 15.6 Å². The highest BCUT2D eigenvalue weighted by atomic mass is 79.9. The van der Waals surface area contributed by atoms with Crippen molar-refractivity contribution in [2.75, 3.05) is 18.4 Å². The van der Waals surface area contributed by atoms with Crippen LogP contribution in [0.5, 0.6) is 0 Å². The van der Waals surface area contributed by atoms with Crippen LogP contribution < -0.4 is 5.32 Å². The van der Waals surface area contributed by atoms with Crippen molar-refractivity contribution >= 4 is 33.6 Å². The summed E-state index contributed by atoms with van der Waals surface area (Å²) in [5.41, 5.74) is 0.307. The Hall–Kier alpha value is -1.63. The van der Waals surface area contributed by atoms with Crippen LogP contribution in [0.1, 0.15) is 24.8 Å². The van der Waals surface area contributed by atoms with Gasteiger partial charge in [-0.25, -0.2) is 9.18 Å². The molecule has 7 heteroatoms. The van der Waals surface area contributed by atoms with Gasteiger partial charge in [0.2, 0.25) is 0 Å². The second-order valence-corrected chi connectivity index (χ2v) is 7.21. The van der Waals surface area contributed by atoms with Crippen molar-refractivity contribution in [2.24, 2.45) is 11.3 Å². The number of carbonyl (C=O) groups excluding carboxylic acids is 1. The third kappa shape index (κ3) is 2.60. The molecule has 23 heavy (non-hydrogen) atoms. The molecule has 1 aliphatic heterocycles. The number of hydrogen-bond donors (Lipinski definition) is 2. The zero-order valence-electron chi connectivity index (χ0n) is 12.7. The summed E-state index contributed by atoms with van der Waals surface area (Å²) in [5, 5.41) is 12.3. The molecule has 3 rings (SSSR count). The van der Waals surface area contributed by atoms with Crippen LogP contribution in [0.15, 0.2) is 16.6 Å². The Morgan fingerprint density at radius 1 is 1.48 bits per heavy atom. The Morgan fingerprint density at radius 3 is 2.87 bits per heavy atom. The zero-order valence-corrected chi connectivity index (χ0v) is 14.3. The SMILES string of the molecule is Cc1ccc(F)c(Br)c1NC(=O)N1C[C@@H]2CCC[C@@]2(C(=O)O)C1. The lowest BCUT2D eigenvalue weighted by atomic mass is 9.81. The van der Waals surface area contributed by atoms with Gasteiger partial charge in [0.15, 0.2) is 0 Å². The number of fused-ring (bicyclic) bond motifs is 1. The number of urea groups is 1. The van der Waals surface area contributed by atoms with Crippen LogP contribution in [-0.2, 0) is 4.79 Å². The summed E-state index contributed by atoms with van der Waals surface area (Å²) in [5.74, 6) is -1.27. The van der Waals surface area contributed by atoms with Crippen molar-refractivity contribution in [1.82, 2.24) is 4.90 Å². The van der Waals surface area contributed by atoms with Crippen LogP contribution in [0.25, 0.3) is 0 Å². The Kier molecular flexibility index (Phi) is 4.08. The number of anilines is 1. The van der Waals surface area contributed by atoms with Gasteiger partial charge in [-0.05, 0) is 53.2 Å². The predicted molar refractivity (Wildman–Crippen MR) is 86.8 cm³/mol. The zero-order chi connectivity index (χ0) is 16.8. The average molecular weight is 385 g/mol. The fourth-order valence-electron chi connectivity index (χ4n) is 3.78. The first kappa shape index (κ1) is 16.2. The van der Waals surface area contributed by atoms with Crippen molar-refractivity contribution in [3.05, 3.63) is 28.0 Å². The Balaban J connectivity index is 1.79. The first-order valence-electron chi connectivity index (χ1n) is 7.59. The highest BCUT2D eigenvalue weighted by Crippen LogP contribution is 2.49. The number of nitrogens with one attached hydrogen (secondary N) is 1. The Morgan fingerprint density at radius 2 is 2.22 bits per heavy atom. The summed E-state index contributed by atoms with van der Waals surface area (Å²) in [4.78, 5) is 25.7. The molecule has 124 valence electrons. The van der Waals surface area contributed by atoms with Crippen molar-refractivity contribution < 1.29 is 19.1 Å². The molecule has 0 spiro atoms. The highest BCUT2D eigenvalue weighted by molar-refractivity contribution is 9.10. The molecule has 0 aromatic heterocycles. The summed E-state index contributed by atoms with van der Waals surface area (Å²) in [6, 6.07) is 2.54. The lowest BCUT2D eigenvalue weighted by Crippen LogP contribution is -2.38. The van der Waals surface area contributed by atoms with E-state index < -0.39 is 17.2 Å². The van der Waals surface area contributed by atoms with E-state index in [0.717, 1.165) is 18.4 Å². The molecule has 5 nitrogen and oxygen atoms in total. The highest BCUT2D eigenvalue weighted by Gasteiger charge is 2.55. The number of carboxylic acid groups (broad SMARTS) is 1. The van der Waals surface area contributed by atoms with Gasteiger partial charge in [0.25, 0.3) is 0 Å². The third-order valence-electron chi connectivity index (χ3n) is 5.12. The number of nitrogens with zero attached hydrogens (tertiary/aromatic N) is 1. The molecule has 0 bridgehead atoms. The van der Waals surface area contributed by atoms with Gasteiger partial charge in [-0.1, -0.05) is 12.5 Å². The van der Waals surface area contributed by atoms with E-state index in [2.05, 4.69) is 21.2 Å². The van der Waals surface area contributed by atoms with Crippen LogP contribution in [-0.4, -0.2) is 35.1 Å². The van der Waals surface area contributed by atoms with E-state index in [9.17, 15) is 19.1 Å². The lowest BCUT2D eigenvalue weighted by Gasteiger charge is -2.23. The number of aryl methyl sites for hydroxylation is 1. The number of carboxylic acids is 1. The van der Waals surface area contributed by atoms with E-state index in [1.165, 1.54) is 11.0 Å². The fraction of sp³-hybridized carbons (Fsp3) is 0.500. The topological polar surface area (TPSA) is 69.6 Å². The van der Waals surface area contributed by atoms with Gasteiger partial charge in [-0.15, -0.1) is 0 Å². The largest absolute Gasteiger partial charge is 0.481 e. The molecule has 2 N–H and O–H groups in total. The standard InChI is InChI=1S/C16H18BrFN2O3/c1-9-4-5-11(18)12(17)13(9)19-15(23)20-7-10-3-2-6-16(10,8-20)14(21)22/h4-5,10H,2-3,6-8H2,1H3,(H,19,23)(H,21,22)/t10-,16+/m0/s1. The molecular weight excluding hydrogens is 367 g/mol. The van der Waals surface area contributed by atoms with Crippen molar-refractivity contribution in [2.45, 2.75) is 26.2 Å². The summed E-state index contributed by atoms with van der Waals surface area (Å²) in [6.07, 6.45) is 2.33. The molecule has 2 aliphatic rings. The van der Waals surface area contributed by atoms with Crippen LogP contribution >= 0.6 is 15.9 Å². The molecule has 1 aliphatic carbocycles. The molecule has 1 saturated heterocycles. The molecule has 2 fully saturated rings. The van der Waals surface area contributed by atoms with E-state index in [-0.39, 0.29) is 23.0 Å². The lowest BCUT2D eigenvalue weighted by molar-refractivity contribution is -0.149. The third-order valence-corrected chi connectivity index (χ3v) is 5.89. The van der Waals surface area contributed by atoms with Gasteiger partial charge in [-0.3, -0.25) is 4.79 Å². The average Bonchev–Trinajstić information content (AvgIpc) is 3.05. The van der Waals surface area contributed by atoms with E-state index in [1.54, 1.807) is 13.0 Å². The van der Waals surface area contributed by atoms with Crippen LogP contribution in [0, 0.1) is 24.1 Å². The number of likely N-dealkylation sites (tertiary alicyclic amines) is 1. The molecule has 1 aromatic rings. The van der Waals surface area contributed by atoms with Gasteiger partial charge < -0.3 is 15.3 Å². The quantitative estimate of drug-likeness (QED) is 0.817. The second kappa shape index (κ2) is 5.78. The Bertz CT molecular complexity index is 682. The van der Waals surface area contributed by atoms with Crippen LogP contribution in [0.2, 0.25) is 0 Å². The summed E-state index contributed by atoms with van der Waals surface area (Å²) < 4.78 is 13.9. The number of rotatable bonds is 2. The monoisotopic (exact) mass is 384 g/mol. The minimum absolute atomic E-state index is 0.00259.